The number of carboxylic acids is 1. The van der Waals surface area contributed by atoms with Gasteiger partial charge in [0, 0.05) is 6.54 Å². The Morgan fingerprint density at radius 2 is 1.24 bits per heavy atom. The maximum Gasteiger partial charge on any atom is 0.326 e. The molecule has 0 saturated heterocycles. The van der Waals surface area contributed by atoms with E-state index in [9.17, 15) is 39.0 Å². The quantitative estimate of drug-likeness (QED) is 0.0368. The Labute approximate surface area is 245 Å². The minimum atomic E-state index is -1.60. The molecule has 0 aromatic rings. The summed E-state index contributed by atoms with van der Waals surface area (Å²) in [4.78, 5) is 78.7. The molecule has 0 fully saturated rings. The van der Waals surface area contributed by atoms with Crippen LogP contribution in [0.1, 0.15) is 59.8 Å². The van der Waals surface area contributed by atoms with E-state index in [0.29, 0.717) is 12.8 Å². The zero-order valence-electron chi connectivity index (χ0n) is 24.6. The number of amides is 5. The molecule has 17 nitrogen and oxygen atoms in total. The minimum absolute atomic E-state index is 0.0652. The van der Waals surface area contributed by atoms with Crippen molar-refractivity contribution in [1.29, 1.82) is 0 Å². The van der Waals surface area contributed by atoms with Crippen LogP contribution in [-0.4, -0.2) is 95.0 Å². The van der Waals surface area contributed by atoms with Gasteiger partial charge in [-0.15, -0.1) is 0 Å². The second-order valence-corrected chi connectivity index (χ2v) is 10.1. The number of carbonyl (C=O) groups is 6. The van der Waals surface area contributed by atoms with E-state index in [0.717, 1.165) is 0 Å². The lowest BCUT2D eigenvalue weighted by Crippen LogP contribution is -2.61. The molecule has 14 N–H and O–H groups in total. The molecule has 0 bridgehead atoms. The lowest BCUT2D eigenvalue weighted by atomic mass is 9.94. The highest BCUT2D eigenvalue weighted by Gasteiger charge is 2.35. The summed E-state index contributed by atoms with van der Waals surface area (Å²) in [6, 6.07) is -6.42. The van der Waals surface area contributed by atoms with E-state index in [2.05, 4.69) is 26.3 Å². The number of aliphatic hydroxyl groups is 1. The number of aliphatic carboxylic acids is 1. The molecule has 7 atom stereocenters. The predicted octanol–water partition coefficient (Wildman–Crippen LogP) is -3.65. The average Bonchev–Trinajstić information content (AvgIpc) is 2.93. The van der Waals surface area contributed by atoms with Gasteiger partial charge < -0.3 is 54.4 Å². The molecular formula is C25H47N9O8. The number of hydrogen-bond acceptors (Lipinski definition) is 9. The number of aliphatic imine (C=N–C) groups is 1. The maximum atomic E-state index is 13.5. The van der Waals surface area contributed by atoms with Crippen LogP contribution in [0.3, 0.4) is 0 Å². The summed E-state index contributed by atoms with van der Waals surface area (Å²) in [5.74, 6) is -6.55. The monoisotopic (exact) mass is 601 g/mol. The summed E-state index contributed by atoms with van der Waals surface area (Å²) in [5.41, 5.74) is 21.3. The Hall–Kier alpha value is -3.99. The Balaban J connectivity index is 5.99. The molecule has 0 radical (unpaired) electrons. The molecule has 0 rings (SSSR count). The second-order valence-electron chi connectivity index (χ2n) is 10.1. The minimum Gasteiger partial charge on any atom is -0.480 e. The van der Waals surface area contributed by atoms with Gasteiger partial charge in [0.25, 0.3) is 0 Å². The number of nitrogens with one attached hydrogen (secondary N) is 4. The molecule has 0 spiro atoms. The molecule has 0 aliphatic heterocycles. The number of primary amides is 1. The summed E-state index contributed by atoms with van der Waals surface area (Å²) in [5, 5.41) is 28.5. The van der Waals surface area contributed by atoms with E-state index in [1.807, 2.05) is 0 Å². The van der Waals surface area contributed by atoms with Crippen LogP contribution in [0.2, 0.25) is 0 Å². The molecule has 0 aromatic carbocycles. The Bertz CT molecular complexity index is 974. The van der Waals surface area contributed by atoms with Crippen LogP contribution in [0.25, 0.3) is 0 Å². The average molecular weight is 602 g/mol. The van der Waals surface area contributed by atoms with Crippen LogP contribution in [0.15, 0.2) is 4.99 Å². The molecule has 0 saturated carbocycles. The van der Waals surface area contributed by atoms with Crippen LogP contribution in [0.4, 0.5) is 0 Å². The van der Waals surface area contributed by atoms with Crippen molar-refractivity contribution in [2.24, 2.45) is 39.8 Å². The zero-order valence-corrected chi connectivity index (χ0v) is 24.6. The lowest BCUT2D eigenvalue weighted by Gasteiger charge is -2.30. The largest absolute Gasteiger partial charge is 0.480 e. The van der Waals surface area contributed by atoms with Gasteiger partial charge in [-0.1, -0.05) is 40.5 Å². The fourth-order valence-corrected chi connectivity index (χ4v) is 3.70. The van der Waals surface area contributed by atoms with E-state index in [1.165, 1.54) is 0 Å². The van der Waals surface area contributed by atoms with Crippen molar-refractivity contribution in [1.82, 2.24) is 21.3 Å². The van der Waals surface area contributed by atoms with Crippen molar-refractivity contribution in [2.45, 2.75) is 90.0 Å². The third-order valence-electron chi connectivity index (χ3n) is 6.72. The Morgan fingerprint density at radius 3 is 1.67 bits per heavy atom. The Morgan fingerprint density at radius 1 is 0.762 bits per heavy atom. The van der Waals surface area contributed by atoms with Gasteiger partial charge in [-0.05, 0) is 24.7 Å². The first-order chi connectivity index (χ1) is 19.6. The molecule has 42 heavy (non-hydrogen) atoms. The summed E-state index contributed by atoms with van der Waals surface area (Å²) in [6.45, 7) is 6.40. The number of aliphatic hydroxyl groups excluding tert-OH is 1. The topological polar surface area (TPSA) is 307 Å². The van der Waals surface area contributed by atoms with Crippen molar-refractivity contribution < 1.29 is 39.0 Å². The molecule has 0 aromatic heterocycles. The summed E-state index contributed by atoms with van der Waals surface area (Å²) < 4.78 is 0. The summed E-state index contributed by atoms with van der Waals surface area (Å²) in [6.07, 6.45) is 0.549. The van der Waals surface area contributed by atoms with Gasteiger partial charge in [0.2, 0.25) is 29.5 Å². The van der Waals surface area contributed by atoms with Crippen LogP contribution in [-0.2, 0) is 28.8 Å². The first kappa shape index (κ1) is 38.0. The first-order valence-corrected chi connectivity index (χ1v) is 13.7. The van der Waals surface area contributed by atoms with Crippen LogP contribution in [0, 0.1) is 11.8 Å². The summed E-state index contributed by atoms with van der Waals surface area (Å²) in [7, 11) is 0. The lowest BCUT2D eigenvalue weighted by molar-refractivity contribution is -0.144. The zero-order chi connectivity index (χ0) is 32.6. The van der Waals surface area contributed by atoms with Crippen molar-refractivity contribution in [2.75, 3.05) is 13.2 Å². The first-order valence-electron chi connectivity index (χ1n) is 13.7. The normalized spacial score (nSPS) is 15.9. The van der Waals surface area contributed by atoms with Crippen molar-refractivity contribution in [3.63, 3.8) is 0 Å². The summed E-state index contributed by atoms with van der Waals surface area (Å²) >= 11 is 0. The van der Waals surface area contributed by atoms with Gasteiger partial charge in [0.05, 0.1) is 13.0 Å². The Kier molecular flexibility index (Phi) is 17.4. The van der Waals surface area contributed by atoms with Gasteiger partial charge in [-0.25, -0.2) is 4.79 Å². The number of guanidine groups is 1. The number of hydrogen-bond donors (Lipinski definition) is 10. The number of carbonyl (C=O) groups excluding carboxylic acids is 5. The highest BCUT2D eigenvalue weighted by molar-refractivity contribution is 5.96. The van der Waals surface area contributed by atoms with Crippen LogP contribution >= 0.6 is 0 Å². The van der Waals surface area contributed by atoms with Gasteiger partial charge in [-0.3, -0.25) is 29.0 Å². The van der Waals surface area contributed by atoms with E-state index in [-0.39, 0.29) is 25.3 Å². The molecule has 0 aliphatic rings. The number of nitrogens with two attached hydrogens (primary N) is 4. The van der Waals surface area contributed by atoms with Crippen molar-refractivity contribution >= 4 is 41.5 Å². The van der Waals surface area contributed by atoms with Crippen LogP contribution < -0.4 is 44.2 Å². The highest BCUT2D eigenvalue weighted by atomic mass is 16.4. The SMILES string of the molecule is CC[C@H](C)[C@H](NC(=O)[C@H](CCCN=C(N)N)NC(=O)[C@@H](N)CO)C(=O)N[C@H](C(=O)N[C@@H](CC(N)=O)C(=O)O)[C@@H](C)CC. The fourth-order valence-electron chi connectivity index (χ4n) is 3.70. The van der Waals surface area contributed by atoms with Crippen molar-refractivity contribution in [3.8, 4) is 0 Å². The number of carboxylic acid groups (broad SMARTS) is 1. The van der Waals surface area contributed by atoms with Gasteiger partial charge in [0.1, 0.15) is 30.2 Å². The smallest absolute Gasteiger partial charge is 0.326 e. The second kappa shape index (κ2) is 19.2. The molecule has 5 amide bonds. The molecule has 0 unspecified atom stereocenters. The fraction of sp³-hybridized carbons (Fsp3) is 0.720. The highest BCUT2D eigenvalue weighted by Crippen LogP contribution is 2.13. The molecule has 0 aliphatic carbocycles. The standard InChI is InChI=1S/C25H47N9O8/c1-5-12(3)18(22(39)32-16(24(41)42)10-17(27)36)34-23(40)19(13(4)6-2)33-21(38)15(8-7-9-30-25(28)29)31-20(37)14(26)11-35/h12-16,18-19,35H,5-11,26H2,1-4H3,(H2,27,36)(H,31,37)(H,32,39)(H,33,38)(H,34,40)(H,41,42)(H4,28,29,30)/t12-,13-,14-,15-,16-,18-,19-/m0/s1. The predicted molar refractivity (Wildman–Crippen MR) is 153 cm³/mol. The van der Waals surface area contributed by atoms with Gasteiger partial charge in [-0.2, -0.15) is 0 Å². The van der Waals surface area contributed by atoms with Gasteiger partial charge in [0.15, 0.2) is 5.96 Å². The van der Waals surface area contributed by atoms with Gasteiger partial charge >= 0.3 is 5.97 Å². The maximum absolute atomic E-state index is 13.5. The third kappa shape index (κ3) is 13.6. The molecule has 17 heteroatoms. The van der Waals surface area contributed by atoms with E-state index in [1.54, 1.807) is 27.7 Å². The van der Waals surface area contributed by atoms with E-state index in [4.69, 9.17) is 22.9 Å². The molecule has 240 valence electrons. The van der Waals surface area contributed by atoms with Crippen molar-refractivity contribution in [3.05, 3.63) is 0 Å². The van der Waals surface area contributed by atoms with Crippen LogP contribution in [0.5, 0.6) is 0 Å². The molecular weight excluding hydrogens is 554 g/mol. The number of rotatable bonds is 20. The van der Waals surface area contributed by atoms with E-state index < -0.39 is 90.6 Å². The van der Waals surface area contributed by atoms with E-state index >= 15 is 0 Å². The molecule has 0 heterocycles. The third-order valence-corrected chi connectivity index (χ3v) is 6.72. The number of nitrogens with zero attached hydrogens (tertiary/aromatic N) is 1.